The second-order valence-electron chi connectivity index (χ2n) is 9.87. The van der Waals surface area contributed by atoms with Gasteiger partial charge >= 0.3 is 0 Å². The fourth-order valence-electron chi connectivity index (χ4n) is 3.57. The van der Waals surface area contributed by atoms with Gasteiger partial charge in [-0.3, -0.25) is 0 Å². The highest BCUT2D eigenvalue weighted by molar-refractivity contribution is 4.63. The van der Waals surface area contributed by atoms with Crippen molar-refractivity contribution in [3.8, 4) is 0 Å². The first kappa shape index (κ1) is 44.3. The van der Waals surface area contributed by atoms with E-state index in [1.54, 1.807) is 6.08 Å². The Morgan fingerprint density at radius 3 is 0.778 bits per heavy atom. The van der Waals surface area contributed by atoms with Crippen molar-refractivity contribution in [2.45, 2.75) is 45.4 Å². The summed E-state index contributed by atoms with van der Waals surface area (Å²) in [4.78, 5) is 0. The lowest BCUT2D eigenvalue weighted by Crippen LogP contribution is -2.15. The topological polar surface area (TPSA) is 111 Å². The molecule has 0 aromatic heterocycles. The van der Waals surface area contributed by atoms with Crippen molar-refractivity contribution in [3.63, 3.8) is 0 Å². The van der Waals surface area contributed by atoms with E-state index < -0.39 is 0 Å². The molecule has 0 aliphatic rings. The molecule has 0 fully saturated rings. The first-order chi connectivity index (χ1) is 22.4. The van der Waals surface area contributed by atoms with E-state index in [1.165, 1.54) is 32.1 Å². The van der Waals surface area contributed by atoms with Crippen LogP contribution >= 0.6 is 0 Å². The Hall–Kier alpha value is -0.740. The van der Waals surface area contributed by atoms with Crippen LogP contribution in [0.5, 0.6) is 0 Å². The molecule has 0 unspecified atom stereocenters. The van der Waals surface area contributed by atoms with Gasteiger partial charge in [-0.25, -0.2) is 0 Å². The molecule has 0 saturated heterocycles. The number of hydrogen-bond donors (Lipinski definition) is 0. The number of ether oxygens (including phenoxy) is 12. The van der Waals surface area contributed by atoms with Crippen LogP contribution in [-0.2, 0) is 56.8 Å². The zero-order chi connectivity index (χ0) is 32.4. The predicted octanol–water partition coefficient (Wildman–Crippen LogP) is 3.73. The molecule has 0 aliphatic carbocycles. The van der Waals surface area contributed by atoms with Crippen molar-refractivity contribution >= 4 is 0 Å². The minimum Gasteiger partial charge on any atom is -0.379 e. The second-order valence-corrected chi connectivity index (χ2v) is 9.87. The molecule has 270 valence electrons. The summed E-state index contributed by atoms with van der Waals surface area (Å²) in [6.07, 6.45) is 9.40. The van der Waals surface area contributed by atoms with Crippen LogP contribution < -0.4 is 0 Å². The Kier molecular flexibility index (Phi) is 42.5. The van der Waals surface area contributed by atoms with Crippen LogP contribution in [-0.4, -0.2) is 159 Å². The van der Waals surface area contributed by atoms with Gasteiger partial charge in [0.25, 0.3) is 0 Å². The third-order valence-corrected chi connectivity index (χ3v) is 5.97. The third-order valence-electron chi connectivity index (χ3n) is 5.97. The van der Waals surface area contributed by atoms with Crippen molar-refractivity contribution in [2.75, 3.05) is 159 Å². The van der Waals surface area contributed by atoms with Crippen molar-refractivity contribution in [1.29, 1.82) is 0 Å². The molecule has 0 N–H and O–H groups in total. The van der Waals surface area contributed by atoms with Crippen LogP contribution in [0, 0.1) is 0 Å². The van der Waals surface area contributed by atoms with E-state index in [1.807, 2.05) is 0 Å². The maximum atomic E-state index is 5.58. The van der Waals surface area contributed by atoms with Gasteiger partial charge in [-0.1, -0.05) is 45.1 Å². The van der Waals surface area contributed by atoms with Crippen LogP contribution in [0.15, 0.2) is 12.7 Å². The zero-order valence-corrected chi connectivity index (χ0v) is 28.4. The summed E-state index contributed by atoms with van der Waals surface area (Å²) in [5.41, 5.74) is 0. The SMILES string of the molecule is C=CCOCCOCCOCCOCCOCCOCCOCCOCCOCCOCCOCCOCCCCCCCC. The van der Waals surface area contributed by atoms with E-state index in [4.69, 9.17) is 56.8 Å². The molecule has 0 radical (unpaired) electrons. The van der Waals surface area contributed by atoms with Crippen LogP contribution in [0.25, 0.3) is 0 Å². The Balaban J connectivity index is 3.03. The summed E-state index contributed by atoms with van der Waals surface area (Å²) in [5, 5.41) is 0. The third kappa shape index (κ3) is 43.3. The van der Waals surface area contributed by atoms with Crippen LogP contribution in [0.3, 0.4) is 0 Å². The Labute approximate surface area is 273 Å². The van der Waals surface area contributed by atoms with Crippen molar-refractivity contribution < 1.29 is 56.8 Å². The minimum absolute atomic E-state index is 0.518. The van der Waals surface area contributed by atoms with Crippen LogP contribution in [0.1, 0.15) is 45.4 Å². The minimum atomic E-state index is 0.518. The molecule has 12 heteroatoms. The molecule has 0 aromatic rings. The van der Waals surface area contributed by atoms with E-state index in [0.717, 1.165) is 13.0 Å². The number of unbranched alkanes of at least 4 members (excludes halogenated alkanes) is 5. The highest BCUT2D eigenvalue weighted by atomic mass is 16.6. The second kappa shape index (κ2) is 43.3. The van der Waals surface area contributed by atoms with E-state index in [9.17, 15) is 0 Å². The van der Waals surface area contributed by atoms with E-state index >= 15 is 0 Å². The average Bonchev–Trinajstić information content (AvgIpc) is 3.05. The van der Waals surface area contributed by atoms with Crippen LogP contribution in [0.2, 0.25) is 0 Å². The smallest absolute Gasteiger partial charge is 0.0704 e. The molecule has 0 amide bonds. The summed E-state index contributed by atoms with van der Waals surface area (Å²) in [5.74, 6) is 0. The molecular weight excluding hydrogens is 588 g/mol. The standard InChI is InChI=1S/C33H66O12/c1-3-5-6-7-8-9-11-35-13-15-37-17-19-39-21-23-41-25-27-43-29-31-45-33-32-44-30-28-42-26-24-40-22-20-38-18-16-36-14-12-34-10-4-2/h4H,2-3,5-33H2,1H3. The van der Waals surface area contributed by atoms with Gasteiger partial charge in [-0.05, 0) is 6.42 Å². The molecule has 0 bridgehead atoms. The van der Waals surface area contributed by atoms with Crippen LogP contribution in [0.4, 0.5) is 0 Å². The fourth-order valence-corrected chi connectivity index (χ4v) is 3.57. The van der Waals surface area contributed by atoms with Crippen molar-refractivity contribution in [1.82, 2.24) is 0 Å². The molecule has 0 saturated carbocycles. The maximum Gasteiger partial charge on any atom is 0.0704 e. The van der Waals surface area contributed by atoms with Gasteiger partial charge < -0.3 is 56.8 Å². The van der Waals surface area contributed by atoms with E-state index in [2.05, 4.69) is 13.5 Å². The summed E-state index contributed by atoms with van der Waals surface area (Å²) >= 11 is 0. The van der Waals surface area contributed by atoms with Gasteiger partial charge in [0.05, 0.1) is 152 Å². The molecule has 0 spiro atoms. The lowest BCUT2D eigenvalue weighted by molar-refractivity contribution is -0.0282. The van der Waals surface area contributed by atoms with Gasteiger partial charge in [0.1, 0.15) is 0 Å². The summed E-state index contributed by atoms with van der Waals surface area (Å²) in [7, 11) is 0. The first-order valence-electron chi connectivity index (χ1n) is 17.0. The molecule has 0 atom stereocenters. The molecule has 0 aromatic carbocycles. The zero-order valence-electron chi connectivity index (χ0n) is 28.4. The largest absolute Gasteiger partial charge is 0.379 e. The fraction of sp³-hybridized carbons (Fsp3) is 0.939. The Bertz CT molecular complexity index is 530. The lowest BCUT2D eigenvalue weighted by Gasteiger charge is -2.09. The summed E-state index contributed by atoms with van der Waals surface area (Å²) in [6.45, 7) is 19.1. The number of rotatable bonds is 42. The average molecular weight is 655 g/mol. The van der Waals surface area contributed by atoms with E-state index in [0.29, 0.717) is 152 Å². The van der Waals surface area contributed by atoms with Crippen molar-refractivity contribution in [3.05, 3.63) is 12.7 Å². The normalized spacial score (nSPS) is 11.5. The van der Waals surface area contributed by atoms with Gasteiger partial charge in [0, 0.05) is 6.61 Å². The molecule has 12 nitrogen and oxygen atoms in total. The molecular formula is C33H66O12. The van der Waals surface area contributed by atoms with Gasteiger partial charge in [0.2, 0.25) is 0 Å². The summed E-state index contributed by atoms with van der Waals surface area (Å²) in [6, 6.07) is 0. The number of hydrogen-bond acceptors (Lipinski definition) is 12. The van der Waals surface area contributed by atoms with Gasteiger partial charge in [-0.2, -0.15) is 0 Å². The molecule has 0 aliphatic heterocycles. The molecule has 0 rings (SSSR count). The molecule has 0 heterocycles. The highest BCUT2D eigenvalue weighted by Crippen LogP contribution is 2.04. The monoisotopic (exact) mass is 654 g/mol. The Morgan fingerprint density at radius 2 is 0.511 bits per heavy atom. The maximum absolute atomic E-state index is 5.58. The Morgan fingerprint density at radius 1 is 0.289 bits per heavy atom. The first-order valence-corrected chi connectivity index (χ1v) is 17.0. The van der Waals surface area contributed by atoms with Gasteiger partial charge in [-0.15, -0.1) is 6.58 Å². The highest BCUT2D eigenvalue weighted by Gasteiger charge is 1.97. The predicted molar refractivity (Wildman–Crippen MR) is 173 cm³/mol. The van der Waals surface area contributed by atoms with Gasteiger partial charge in [0.15, 0.2) is 0 Å². The van der Waals surface area contributed by atoms with Crippen molar-refractivity contribution in [2.24, 2.45) is 0 Å². The lowest BCUT2D eigenvalue weighted by atomic mass is 10.1. The quantitative estimate of drug-likeness (QED) is 0.0707. The van der Waals surface area contributed by atoms with E-state index in [-0.39, 0.29) is 0 Å². The summed E-state index contributed by atoms with van der Waals surface area (Å²) < 4.78 is 65.5. The molecule has 45 heavy (non-hydrogen) atoms.